The molecule has 0 aliphatic rings. The lowest BCUT2D eigenvalue weighted by Gasteiger charge is -2.09. The SMILES string of the molecule is N#Cc1ccccc1NCc1cc(Cl)ccc1Cl. The van der Waals surface area contributed by atoms with E-state index in [1.165, 1.54) is 0 Å². The third-order valence-electron chi connectivity index (χ3n) is 2.52. The van der Waals surface area contributed by atoms with Crippen molar-refractivity contribution in [3.63, 3.8) is 0 Å². The van der Waals surface area contributed by atoms with E-state index in [1.54, 1.807) is 18.2 Å². The highest BCUT2D eigenvalue weighted by Gasteiger charge is 2.03. The van der Waals surface area contributed by atoms with Crippen molar-refractivity contribution < 1.29 is 0 Å². The van der Waals surface area contributed by atoms with Crippen LogP contribution in [0.25, 0.3) is 0 Å². The fraction of sp³-hybridized carbons (Fsp3) is 0.0714. The van der Waals surface area contributed by atoms with Crippen molar-refractivity contribution in [1.82, 2.24) is 0 Å². The summed E-state index contributed by atoms with van der Waals surface area (Å²) in [6, 6.07) is 14.8. The van der Waals surface area contributed by atoms with E-state index in [9.17, 15) is 0 Å². The second-order valence-electron chi connectivity index (χ2n) is 3.75. The largest absolute Gasteiger partial charge is 0.380 e. The monoisotopic (exact) mass is 276 g/mol. The molecule has 2 aromatic carbocycles. The Morgan fingerprint density at radius 2 is 1.89 bits per heavy atom. The maximum atomic E-state index is 8.98. The topological polar surface area (TPSA) is 35.8 Å². The predicted octanol–water partition coefficient (Wildman–Crippen LogP) is 4.48. The Bertz CT molecular complexity index is 603. The van der Waals surface area contributed by atoms with Crippen molar-refractivity contribution >= 4 is 28.9 Å². The number of benzene rings is 2. The van der Waals surface area contributed by atoms with Gasteiger partial charge in [-0.05, 0) is 35.9 Å². The average Bonchev–Trinajstić information content (AvgIpc) is 2.40. The molecule has 0 saturated carbocycles. The second kappa shape index (κ2) is 5.77. The Morgan fingerprint density at radius 1 is 1.11 bits per heavy atom. The zero-order chi connectivity index (χ0) is 13.0. The molecule has 4 heteroatoms. The summed E-state index contributed by atoms with van der Waals surface area (Å²) in [5, 5.41) is 13.5. The zero-order valence-corrected chi connectivity index (χ0v) is 11.0. The predicted molar refractivity (Wildman–Crippen MR) is 74.9 cm³/mol. The number of nitrogens with one attached hydrogen (secondary N) is 1. The first-order valence-corrected chi connectivity index (χ1v) is 6.13. The van der Waals surface area contributed by atoms with Gasteiger partial charge in [0.2, 0.25) is 0 Å². The Balaban J connectivity index is 2.17. The normalized spacial score (nSPS) is 9.83. The first-order valence-electron chi connectivity index (χ1n) is 5.37. The van der Waals surface area contributed by atoms with Crippen molar-refractivity contribution in [2.45, 2.75) is 6.54 Å². The highest BCUT2D eigenvalue weighted by atomic mass is 35.5. The van der Waals surface area contributed by atoms with Crippen LogP contribution >= 0.6 is 23.2 Å². The van der Waals surface area contributed by atoms with Crippen LogP contribution in [0.5, 0.6) is 0 Å². The van der Waals surface area contributed by atoms with Crippen LogP contribution in [0.4, 0.5) is 5.69 Å². The third-order valence-corrected chi connectivity index (χ3v) is 3.13. The van der Waals surface area contributed by atoms with Gasteiger partial charge in [0.15, 0.2) is 0 Å². The Labute approximate surface area is 116 Å². The second-order valence-corrected chi connectivity index (χ2v) is 4.59. The summed E-state index contributed by atoms with van der Waals surface area (Å²) >= 11 is 12.0. The Morgan fingerprint density at radius 3 is 2.67 bits per heavy atom. The molecule has 0 radical (unpaired) electrons. The Hall–Kier alpha value is -1.69. The smallest absolute Gasteiger partial charge is 0.101 e. The minimum atomic E-state index is 0.526. The third kappa shape index (κ3) is 2.95. The molecule has 2 rings (SSSR count). The lowest BCUT2D eigenvalue weighted by Crippen LogP contribution is -2.01. The van der Waals surface area contributed by atoms with Crippen LogP contribution in [0.2, 0.25) is 10.0 Å². The van der Waals surface area contributed by atoms with Crippen molar-refractivity contribution in [1.29, 1.82) is 5.26 Å². The number of nitriles is 1. The fourth-order valence-corrected chi connectivity index (χ4v) is 1.98. The summed E-state index contributed by atoms with van der Waals surface area (Å²) in [7, 11) is 0. The van der Waals surface area contributed by atoms with Crippen LogP contribution in [-0.2, 0) is 6.54 Å². The highest BCUT2D eigenvalue weighted by molar-refractivity contribution is 6.33. The van der Waals surface area contributed by atoms with Crippen LogP contribution in [0.1, 0.15) is 11.1 Å². The first kappa shape index (κ1) is 12.8. The summed E-state index contributed by atoms with van der Waals surface area (Å²) in [6.45, 7) is 0.526. The fourth-order valence-electron chi connectivity index (χ4n) is 1.60. The van der Waals surface area contributed by atoms with Crippen LogP contribution in [0, 0.1) is 11.3 Å². The minimum absolute atomic E-state index is 0.526. The molecule has 2 nitrogen and oxygen atoms in total. The van der Waals surface area contributed by atoms with Gasteiger partial charge in [-0.25, -0.2) is 0 Å². The molecule has 0 spiro atoms. The minimum Gasteiger partial charge on any atom is -0.380 e. The molecule has 0 unspecified atom stereocenters. The number of hydrogen-bond donors (Lipinski definition) is 1. The molecule has 0 heterocycles. The van der Waals surface area contributed by atoms with Crippen molar-refractivity contribution in [3.05, 3.63) is 63.6 Å². The van der Waals surface area contributed by atoms with Crippen molar-refractivity contribution in [3.8, 4) is 6.07 Å². The lowest BCUT2D eigenvalue weighted by atomic mass is 10.1. The van der Waals surface area contributed by atoms with Gasteiger partial charge >= 0.3 is 0 Å². The van der Waals surface area contributed by atoms with Gasteiger partial charge in [0, 0.05) is 16.6 Å². The molecule has 0 fully saturated rings. The summed E-state index contributed by atoms with van der Waals surface area (Å²) in [5.41, 5.74) is 2.30. The summed E-state index contributed by atoms with van der Waals surface area (Å²) in [5.74, 6) is 0. The molecule has 0 aliphatic carbocycles. The van der Waals surface area contributed by atoms with Gasteiger partial charge in [-0.15, -0.1) is 0 Å². The van der Waals surface area contributed by atoms with Gasteiger partial charge < -0.3 is 5.32 Å². The number of halogens is 2. The molecule has 0 atom stereocenters. The van der Waals surface area contributed by atoms with Gasteiger partial charge in [-0.3, -0.25) is 0 Å². The first-order chi connectivity index (χ1) is 8.70. The molecule has 90 valence electrons. The number of para-hydroxylation sites is 1. The van der Waals surface area contributed by atoms with Crippen molar-refractivity contribution in [2.24, 2.45) is 0 Å². The molecule has 0 bridgehead atoms. The van der Waals surface area contributed by atoms with Crippen LogP contribution in [0.3, 0.4) is 0 Å². The van der Waals surface area contributed by atoms with E-state index in [0.717, 1.165) is 11.3 Å². The summed E-state index contributed by atoms with van der Waals surface area (Å²) in [4.78, 5) is 0. The van der Waals surface area contributed by atoms with E-state index in [-0.39, 0.29) is 0 Å². The van der Waals surface area contributed by atoms with Crippen LogP contribution in [0.15, 0.2) is 42.5 Å². The van der Waals surface area contributed by atoms with E-state index in [1.807, 2.05) is 24.3 Å². The van der Waals surface area contributed by atoms with E-state index in [0.29, 0.717) is 22.2 Å². The molecule has 18 heavy (non-hydrogen) atoms. The quantitative estimate of drug-likeness (QED) is 0.898. The van der Waals surface area contributed by atoms with Gasteiger partial charge in [0.25, 0.3) is 0 Å². The van der Waals surface area contributed by atoms with E-state index in [2.05, 4.69) is 11.4 Å². The van der Waals surface area contributed by atoms with Gasteiger partial charge in [-0.2, -0.15) is 5.26 Å². The summed E-state index contributed by atoms with van der Waals surface area (Å²) in [6.07, 6.45) is 0. The lowest BCUT2D eigenvalue weighted by molar-refractivity contribution is 1.15. The molecule has 0 saturated heterocycles. The van der Waals surface area contributed by atoms with Crippen molar-refractivity contribution in [2.75, 3.05) is 5.32 Å². The standard InChI is InChI=1S/C14H10Cl2N2/c15-12-5-6-13(16)11(7-12)9-18-14-4-2-1-3-10(14)8-17/h1-7,18H,9H2. The number of rotatable bonds is 3. The molecule has 2 aromatic rings. The number of nitrogens with zero attached hydrogens (tertiary/aromatic N) is 1. The molecular formula is C14H10Cl2N2. The number of hydrogen-bond acceptors (Lipinski definition) is 2. The molecule has 1 N–H and O–H groups in total. The molecule has 0 aliphatic heterocycles. The molecule has 0 amide bonds. The van der Waals surface area contributed by atoms with E-state index in [4.69, 9.17) is 28.5 Å². The number of anilines is 1. The van der Waals surface area contributed by atoms with Gasteiger partial charge in [0.1, 0.15) is 6.07 Å². The van der Waals surface area contributed by atoms with Crippen LogP contribution in [-0.4, -0.2) is 0 Å². The average molecular weight is 277 g/mol. The maximum Gasteiger partial charge on any atom is 0.101 e. The molecular weight excluding hydrogens is 267 g/mol. The van der Waals surface area contributed by atoms with Crippen LogP contribution < -0.4 is 5.32 Å². The Kier molecular flexibility index (Phi) is 4.09. The highest BCUT2D eigenvalue weighted by Crippen LogP contribution is 2.22. The molecule has 0 aromatic heterocycles. The van der Waals surface area contributed by atoms with Gasteiger partial charge in [-0.1, -0.05) is 35.3 Å². The zero-order valence-electron chi connectivity index (χ0n) is 9.45. The maximum absolute atomic E-state index is 8.98. The van der Waals surface area contributed by atoms with E-state index >= 15 is 0 Å². The van der Waals surface area contributed by atoms with Gasteiger partial charge in [0.05, 0.1) is 11.3 Å². The summed E-state index contributed by atoms with van der Waals surface area (Å²) < 4.78 is 0. The van der Waals surface area contributed by atoms with E-state index < -0.39 is 0 Å².